The number of carbonyl (C=O) groups is 1. The topological polar surface area (TPSA) is 58.6 Å². The molecule has 0 aliphatic carbocycles. The van der Waals surface area contributed by atoms with E-state index in [1.165, 1.54) is 23.5 Å². The van der Waals surface area contributed by atoms with Gasteiger partial charge in [-0.05, 0) is 6.92 Å². The van der Waals surface area contributed by atoms with Gasteiger partial charge in [0.05, 0.1) is 10.8 Å². The van der Waals surface area contributed by atoms with Crippen molar-refractivity contribution in [3.05, 3.63) is 6.20 Å². The fourth-order valence-electron chi connectivity index (χ4n) is 0.677. The number of carbonyl (C=O) groups excluding carboxylic acids is 1. The second kappa shape index (κ2) is 4.51. The average molecular weight is 203 g/mol. The summed E-state index contributed by atoms with van der Waals surface area (Å²) in [7, 11) is 0. The summed E-state index contributed by atoms with van der Waals surface area (Å²) in [6.07, 6.45) is 1.71. The third-order valence-electron chi connectivity index (χ3n) is 1.01. The van der Waals surface area contributed by atoms with Crippen LogP contribution in [-0.4, -0.2) is 25.1 Å². The predicted molar refractivity (Wildman–Crippen MR) is 50.0 cm³/mol. The van der Waals surface area contributed by atoms with Crippen LogP contribution in [0.3, 0.4) is 0 Å². The molecule has 1 heterocycles. The van der Waals surface area contributed by atoms with Crippen LogP contribution in [0.15, 0.2) is 11.2 Å². The first-order valence-electron chi connectivity index (χ1n) is 3.39. The summed E-state index contributed by atoms with van der Waals surface area (Å²) in [6, 6.07) is 0. The fraction of sp³-hybridized carbons (Fsp3) is 0.500. The van der Waals surface area contributed by atoms with E-state index in [0.717, 1.165) is 5.03 Å². The molecule has 1 unspecified atom stereocenters. The molecule has 0 spiro atoms. The minimum atomic E-state index is 0.124. The summed E-state index contributed by atoms with van der Waals surface area (Å²) in [6.45, 7) is 3.52. The lowest BCUT2D eigenvalue weighted by molar-refractivity contribution is -0.109. The van der Waals surface area contributed by atoms with Crippen molar-refractivity contribution in [3.63, 3.8) is 0 Å². The SMILES string of the molecule is CC(=O)SC(C)Sc1c[nH]nn1. The lowest BCUT2D eigenvalue weighted by Crippen LogP contribution is -1.93. The van der Waals surface area contributed by atoms with Crippen molar-refractivity contribution in [1.29, 1.82) is 0 Å². The van der Waals surface area contributed by atoms with Gasteiger partial charge in [-0.15, -0.1) is 5.10 Å². The Morgan fingerprint density at radius 1 is 1.75 bits per heavy atom. The molecule has 6 heteroatoms. The minimum Gasteiger partial charge on any atom is -0.288 e. The Bertz CT molecular complexity index is 249. The molecule has 0 aromatic carbocycles. The summed E-state index contributed by atoms with van der Waals surface area (Å²) >= 11 is 2.81. The van der Waals surface area contributed by atoms with Gasteiger partial charge >= 0.3 is 0 Å². The molecule has 0 amide bonds. The third kappa shape index (κ3) is 3.27. The van der Waals surface area contributed by atoms with Gasteiger partial charge in [-0.25, -0.2) is 0 Å². The second-order valence-corrected chi connectivity index (χ2v) is 5.28. The van der Waals surface area contributed by atoms with Gasteiger partial charge in [0.1, 0.15) is 5.03 Å². The average Bonchev–Trinajstić information content (AvgIpc) is 2.37. The zero-order chi connectivity index (χ0) is 8.97. The van der Waals surface area contributed by atoms with Crippen molar-refractivity contribution < 1.29 is 4.79 Å². The van der Waals surface area contributed by atoms with E-state index in [9.17, 15) is 4.79 Å². The normalized spacial score (nSPS) is 12.8. The number of rotatable bonds is 3. The first-order valence-corrected chi connectivity index (χ1v) is 5.14. The van der Waals surface area contributed by atoms with Crippen molar-refractivity contribution in [2.75, 3.05) is 0 Å². The summed E-state index contributed by atoms with van der Waals surface area (Å²) in [5.41, 5.74) is 0. The monoisotopic (exact) mass is 203 g/mol. The van der Waals surface area contributed by atoms with Crippen LogP contribution in [0.4, 0.5) is 0 Å². The van der Waals surface area contributed by atoms with Crippen molar-refractivity contribution in [1.82, 2.24) is 15.4 Å². The zero-order valence-electron chi connectivity index (χ0n) is 6.77. The molecule has 0 aliphatic rings. The molecule has 12 heavy (non-hydrogen) atoms. The van der Waals surface area contributed by atoms with Gasteiger partial charge in [-0.3, -0.25) is 9.89 Å². The van der Waals surface area contributed by atoms with E-state index in [2.05, 4.69) is 15.4 Å². The first kappa shape index (κ1) is 9.60. The number of hydrogen-bond donors (Lipinski definition) is 1. The number of thioether (sulfide) groups is 2. The third-order valence-corrected chi connectivity index (χ3v) is 3.03. The number of aromatic nitrogens is 3. The largest absolute Gasteiger partial charge is 0.288 e. The van der Waals surface area contributed by atoms with Crippen LogP contribution >= 0.6 is 23.5 Å². The van der Waals surface area contributed by atoms with E-state index in [1.54, 1.807) is 13.1 Å². The Kier molecular flexibility index (Phi) is 3.61. The van der Waals surface area contributed by atoms with Crippen molar-refractivity contribution in [2.45, 2.75) is 23.5 Å². The van der Waals surface area contributed by atoms with Crippen molar-refractivity contribution >= 4 is 28.6 Å². The molecule has 0 fully saturated rings. The molecule has 4 nitrogen and oxygen atoms in total. The standard InChI is InChI=1S/C6H9N3OS2/c1-4(10)11-5(2)12-6-3-7-9-8-6/h3,5H,1-2H3,(H,7,8,9). The number of nitrogens with zero attached hydrogens (tertiary/aromatic N) is 2. The van der Waals surface area contributed by atoms with Gasteiger partial charge < -0.3 is 0 Å². The number of hydrogen-bond acceptors (Lipinski definition) is 5. The van der Waals surface area contributed by atoms with E-state index in [0.29, 0.717) is 0 Å². The zero-order valence-corrected chi connectivity index (χ0v) is 8.41. The van der Waals surface area contributed by atoms with Crippen molar-refractivity contribution in [2.24, 2.45) is 0 Å². The Morgan fingerprint density at radius 3 is 3.00 bits per heavy atom. The smallest absolute Gasteiger partial charge is 0.186 e. The van der Waals surface area contributed by atoms with E-state index >= 15 is 0 Å². The number of nitrogens with one attached hydrogen (secondary N) is 1. The maximum atomic E-state index is 10.7. The quantitative estimate of drug-likeness (QED) is 0.596. The van der Waals surface area contributed by atoms with Crippen LogP contribution in [0, 0.1) is 0 Å². The van der Waals surface area contributed by atoms with Crippen LogP contribution in [0.5, 0.6) is 0 Å². The molecule has 1 aromatic rings. The molecule has 0 bridgehead atoms. The van der Waals surface area contributed by atoms with E-state index in [1.807, 2.05) is 6.92 Å². The predicted octanol–water partition coefficient (Wildman–Crippen LogP) is 1.52. The maximum absolute atomic E-state index is 10.7. The van der Waals surface area contributed by atoms with Crippen LogP contribution in [0.1, 0.15) is 13.8 Å². The summed E-state index contributed by atoms with van der Waals surface area (Å²) in [5.74, 6) is 0. The molecule has 0 saturated carbocycles. The Hall–Kier alpha value is -0.490. The van der Waals surface area contributed by atoms with Gasteiger partial charge in [0.15, 0.2) is 5.12 Å². The molecule has 1 aromatic heterocycles. The highest BCUT2D eigenvalue weighted by Crippen LogP contribution is 2.28. The molecule has 0 radical (unpaired) electrons. The highest BCUT2D eigenvalue weighted by molar-refractivity contribution is 8.24. The van der Waals surface area contributed by atoms with Crippen LogP contribution in [0.2, 0.25) is 0 Å². The minimum absolute atomic E-state index is 0.124. The van der Waals surface area contributed by atoms with Gasteiger partial charge in [0.25, 0.3) is 0 Å². The van der Waals surface area contributed by atoms with Gasteiger partial charge in [0.2, 0.25) is 0 Å². The highest BCUT2D eigenvalue weighted by Gasteiger charge is 2.08. The van der Waals surface area contributed by atoms with Crippen LogP contribution in [-0.2, 0) is 4.79 Å². The van der Waals surface area contributed by atoms with Crippen molar-refractivity contribution in [3.8, 4) is 0 Å². The molecular formula is C6H9N3OS2. The van der Waals surface area contributed by atoms with E-state index in [4.69, 9.17) is 0 Å². The van der Waals surface area contributed by atoms with Crippen LogP contribution in [0.25, 0.3) is 0 Å². The Balaban J connectivity index is 2.36. The van der Waals surface area contributed by atoms with E-state index in [-0.39, 0.29) is 9.70 Å². The Morgan fingerprint density at radius 2 is 2.50 bits per heavy atom. The highest BCUT2D eigenvalue weighted by atomic mass is 32.2. The lowest BCUT2D eigenvalue weighted by atomic mass is 10.9. The second-order valence-electron chi connectivity index (χ2n) is 2.11. The summed E-state index contributed by atoms with van der Waals surface area (Å²) in [5, 5.41) is 10.9. The molecule has 0 saturated heterocycles. The summed E-state index contributed by atoms with van der Waals surface area (Å²) in [4.78, 5) is 10.7. The maximum Gasteiger partial charge on any atom is 0.186 e. The molecule has 1 N–H and O–H groups in total. The lowest BCUT2D eigenvalue weighted by Gasteiger charge is -2.03. The molecular weight excluding hydrogens is 194 g/mol. The van der Waals surface area contributed by atoms with Gasteiger partial charge in [-0.1, -0.05) is 28.7 Å². The molecule has 66 valence electrons. The van der Waals surface area contributed by atoms with Gasteiger partial charge in [0, 0.05) is 6.92 Å². The van der Waals surface area contributed by atoms with Gasteiger partial charge in [-0.2, -0.15) is 0 Å². The fourth-order valence-corrected chi connectivity index (χ4v) is 2.59. The molecule has 0 aliphatic heterocycles. The molecule has 1 rings (SSSR count). The first-order chi connectivity index (χ1) is 5.68. The number of H-pyrrole nitrogens is 1. The van der Waals surface area contributed by atoms with E-state index < -0.39 is 0 Å². The van der Waals surface area contributed by atoms with Crippen LogP contribution < -0.4 is 0 Å². The molecule has 1 atom stereocenters. The summed E-state index contributed by atoms with van der Waals surface area (Å²) < 4.78 is 0.188. The number of aromatic amines is 1. The Labute approximate surface area is 78.9 Å².